The van der Waals surface area contributed by atoms with Gasteiger partial charge >= 0.3 is 0 Å². The number of nitrogens with zero attached hydrogens (tertiary/aromatic N) is 5. The van der Waals surface area contributed by atoms with Gasteiger partial charge in [-0.1, -0.05) is 6.42 Å². The molecule has 0 aromatic carbocycles. The average Bonchev–Trinajstić information content (AvgIpc) is 3.18. The van der Waals surface area contributed by atoms with E-state index in [9.17, 15) is 0 Å². The van der Waals surface area contributed by atoms with E-state index in [2.05, 4.69) is 25.2 Å². The monoisotopic (exact) mass is 326 g/mol. The summed E-state index contributed by atoms with van der Waals surface area (Å²) in [6, 6.07) is 3.19. The first-order valence-electron chi connectivity index (χ1n) is 9.20. The van der Waals surface area contributed by atoms with Crippen molar-refractivity contribution >= 4 is 5.95 Å². The van der Waals surface area contributed by atoms with Crippen molar-refractivity contribution in [3.8, 4) is 5.82 Å². The van der Waals surface area contributed by atoms with Gasteiger partial charge in [0, 0.05) is 30.7 Å². The van der Waals surface area contributed by atoms with Gasteiger partial charge in [0.15, 0.2) is 0 Å². The maximum atomic E-state index is 4.61. The molecule has 0 spiro atoms. The summed E-state index contributed by atoms with van der Waals surface area (Å²) >= 11 is 0. The van der Waals surface area contributed by atoms with Crippen molar-refractivity contribution in [3.05, 3.63) is 31.0 Å². The SMILES string of the molecule is c1cn(-c2ccnc(NC3CCC(N4CCCCC4)CC3)n2)cn1. The smallest absolute Gasteiger partial charge is 0.224 e. The lowest BCUT2D eigenvalue weighted by molar-refractivity contribution is 0.127. The first kappa shape index (κ1) is 15.6. The molecule has 0 radical (unpaired) electrons. The van der Waals surface area contributed by atoms with E-state index in [1.807, 2.05) is 23.0 Å². The number of hydrogen-bond acceptors (Lipinski definition) is 5. The summed E-state index contributed by atoms with van der Waals surface area (Å²) in [5.41, 5.74) is 0. The summed E-state index contributed by atoms with van der Waals surface area (Å²) in [7, 11) is 0. The van der Waals surface area contributed by atoms with Gasteiger partial charge in [0.1, 0.15) is 12.1 Å². The van der Waals surface area contributed by atoms with Crippen LogP contribution in [0.25, 0.3) is 5.82 Å². The molecule has 2 aromatic heterocycles. The minimum atomic E-state index is 0.490. The Morgan fingerprint density at radius 1 is 1.00 bits per heavy atom. The molecule has 1 aliphatic heterocycles. The fraction of sp³-hybridized carbons (Fsp3) is 0.611. The Bertz CT molecular complexity index is 627. The minimum absolute atomic E-state index is 0.490. The van der Waals surface area contributed by atoms with Gasteiger partial charge in [-0.05, 0) is 57.7 Å². The van der Waals surface area contributed by atoms with Crippen LogP contribution in [0.1, 0.15) is 44.9 Å². The Hall–Kier alpha value is -1.95. The van der Waals surface area contributed by atoms with Crippen molar-refractivity contribution in [3.63, 3.8) is 0 Å². The second kappa shape index (κ2) is 7.30. The number of piperidine rings is 1. The van der Waals surface area contributed by atoms with Crippen LogP contribution in [0.3, 0.4) is 0 Å². The van der Waals surface area contributed by atoms with Crippen LogP contribution in [0.5, 0.6) is 0 Å². The summed E-state index contributed by atoms with van der Waals surface area (Å²) < 4.78 is 1.90. The van der Waals surface area contributed by atoms with Gasteiger partial charge in [-0.25, -0.2) is 9.97 Å². The van der Waals surface area contributed by atoms with Crippen molar-refractivity contribution in [2.45, 2.75) is 57.0 Å². The molecule has 2 aromatic rings. The topological polar surface area (TPSA) is 58.9 Å². The number of anilines is 1. The molecule has 4 rings (SSSR count). The Morgan fingerprint density at radius 2 is 1.83 bits per heavy atom. The number of rotatable bonds is 4. The fourth-order valence-electron chi connectivity index (χ4n) is 4.01. The summed E-state index contributed by atoms with van der Waals surface area (Å²) in [6.07, 6.45) is 16.4. The molecule has 0 atom stereocenters. The standard InChI is InChI=1S/C18H26N6/c1-2-11-23(12-3-1)16-6-4-15(5-7-16)21-18-20-9-8-17(22-18)24-13-10-19-14-24/h8-10,13-16H,1-7,11-12H2,(H,20,21,22). The third-order valence-corrected chi connectivity index (χ3v) is 5.35. The molecule has 0 amide bonds. The predicted octanol–water partition coefficient (Wildman–Crippen LogP) is 2.87. The van der Waals surface area contributed by atoms with Gasteiger partial charge in [0.25, 0.3) is 0 Å². The van der Waals surface area contributed by atoms with Gasteiger partial charge in [-0.15, -0.1) is 0 Å². The highest BCUT2D eigenvalue weighted by atomic mass is 15.2. The van der Waals surface area contributed by atoms with E-state index in [-0.39, 0.29) is 0 Å². The molecule has 1 N–H and O–H groups in total. The number of likely N-dealkylation sites (tertiary alicyclic amines) is 1. The first-order chi connectivity index (χ1) is 11.9. The van der Waals surface area contributed by atoms with Gasteiger partial charge in [-0.3, -0.25) is 4.57 Å². The van der Waals surface area contributed by atoms with E-state index in [4.69, 9.17) is 0 Å². The quantitative estimate of drug-likeness (QED) is 0.936. The van der Waals surface area contributed by atoms with Crippen LogP contribution >= 0.6 is 0 Å². The van der Waals surface area contributed by atoms with E-state index in [1.165, 1.54) is 58.0 Å². The lowest BCUT2D eigenvalue weighted by Gasteiger charge is -2.39. The molecule has 2 fully saturated rings. The van der Waals surface area contributed by atoms with Crippen LogP contribution in [0.15, 0.2) is 31.0 Å². The minimum Gasteiger partial charge on any atom is -0.351 e. The van der Waals surface area contributed by atoms with Crippen LogP contribution < -0.4 is 5.32 Å². The van der Waals surface area contributed by atoms with Gasteiger partial charge in [-0.2, -0.15) is 4.98 Å². The molecule has 3 heterocycles. The van der Waals surface area contributed by atoms with Crippen LogP contribution in [-0.4, -0.2) is 49.6 Å². The van der Waals surface area contributed by atoms with Crippen molar-refractivity contribution in [2.24, 2.45) is 0 Å². The zero-order chi connectivity index (χ0) is 16.2. The average molecular weight is 326 g/mol. The van der Waals surface area contributed by atoms with E-state index in [0.29, 0.717) is 6.04 Å². The molecular formula is C18H26N6. The predicted molar refractivity (Wildman–Crippen MR) is 94.2 cm³/mol. The van der Waals surface area contributed by atoms with Crippen molar-refractivity contribution in [2.75, 3.05) is 18.4 Å². The Kier molecular flexibility index (Phi) is 4.74. The molecule has 1 saturated heterocycles. The number of imidazole rings is 1. The maximum absolute atomic E-state index is 4.61. The van der Waals surface area contributed by atoms with E-state index in [1.54, 1.807) is 12.5 Å². The maximum Gasteiger partial charge on any atom is 0.224 e. The van der Waals surface area contributed by atoms with Crippen LogP contribution in [-0.2, 0) is 0 Å². The molecular weight excluding hydrogens is 300 g/mol. The van der Waals surface area contributed by atoms with Gasteiger partial charge in [0.05, 0.1) is 0 Å². The lowest BCUT2D eigenvalue weighted by Crippen LogP contribution is -2.43. The third-order valence-electron chi connectivity index (χ3n) is 5.35. The molecule has 6 nitrogen and oxygen atoms in total. The van der Waals surface area contributed by atoms with Crippen molar-refractivity contribution in [1.29, 1.82) is 0 Å². The molecule has 1 aliphatic carbocycles. The third kappa shape index (κ3) is 3.59. The molecule has 0 unspecified atom stereocenters. The van der Waals surface area contributed by atoms with E-state index in [0.717, 1.165) is 17.8 Å². The zero-order valence-corrected chi connectivity index (χ0v) is 14.1. The first-order valence-corrected chi connectivity index (χ1v) is 9.20. The summed E-state index contributed by atoms with van der Waals surface area (Å²) in [6.45, 7) is 2.61. The number of nitrogens with one attached hydrogen (secondary N) is 1. The van der Waals surface area contributed by atoms with Gasteiger partial charge < -0.3 is 10.2 Å². The van der Waals surface area contributed by atoms with Crippen molar-refractivity contribution in [1.82, 2.24) is 24.4 Å². The van der Waals surface area contributed by atoms with E-state index >= 15 is 0 Å². The second-order valence-electron chi connectivity index (χ2n) is 6.95. The van der Waals surface area contributed by atoms with Crippen LogP contribution in [0.2, 0.25) is 0 Å². The molecule has 0 bridgehead atoms. The highest BCUT2D eigenvalue weighted by molar-refractivity contribution is 5.32. The summed E-state index contributed by atoms with van der Waals surface area (Å²) in [4.78, 5) is 15.8. The highest BCUT2D eigenvalue weighted by Crippen LogP contribution is 2.27. The molecule has 128 valence electrons. The van der Waals surface area contributed by atoms with E-state index < -0.39 is 0 Å². The Balaban J connectivity index is 1.33. The normalized spacial score (nSPS) is 25.5. The van der Waals surface area contributed by atoms with Gasteiger partial charge in [0.2, 0.25) is 5.95 Å². The van der Waals surface area contributed by atoms with Crippen molar-refractivity contribution < 1.29 is 0 Å². The lowest BCUT2D eigenvalue weighted by atomic mass is 9.89. The molecule has 1 saturated carbocycles. The fourth-order valence-corrected chi connectivity index (χ4v) is 4.01. The van der Waals surface area contributed by atoms with Crippen LogP contribution in [0.4, 0.5) is 5.95 Å². The summed E-state index contributed by atoms with van der Waals surface area (Å²) in [5, 5.41) is 3.53. The Labute approximate surface area is 143 Å². The Morgan fingerprint density at radius 3 is 2.58 bits per heavy atom. The summed E-state index contributed by atoms with van der Waals surface area (Å²) in [5.74, 6) is 1.58. The van der Waals surface area contributed by atoms with Crippen LogP contribution in [0, 0.1) is 0 Å². The second-order valence-corrected chi connectivity index (χ2v) is 6.95. The number of aromatic nitrogens is 4. The largest absolute Gasteiger partial charge is 0.351 e. The molecule has 6 heteroatoms. The number of hydrogen-bond donors (Lipinski definition) is 1. The zero-order valence-electron chi connectivity index (χ0n) is 14.1. The molecule has 2 aliphatic rings. The molecule has 24 heavy (non-hydrogen) atoms. The highest BCUT2D eigenvalue weighted by Gasteiger charge is 2.26.